The molecule has 0 heterocycles. The topological polar surface area (TPSA) is 75.3 Å². The summed E-state index contributed by atoms with van der Waals surface area (Å²) in [6, 6.07) is 4.50. The largest absolute Gasteiger partial charge is 0.377 e. The fraction of sp³-hybridized carbons (Fsp3) is 0.267. The average Bonchev–Trinajstić information content (AvgIpc) is 2.47. The molecule has 1 amide bonds. The van der Waals surface area contributed by atoms with Gasteiger partial charge in [-0.3, -0.25) is 14.4 Å². The maximum atomic E-state index is 13.7. The first-order valence-corrected chi connectivity index (χ1v) is 6.45. The van der Waals surface area contributed by atoms with E-state index in [-0.39, 0.29) is 18.1 Å². The first-order chi connectivity index (χ1) is 9.90. The zero-order valence-electron chi connectivity index (χ0n) is 11.7. The van der Waals surface area contributed by atoms with Gasteiger partial charge in [0.05, 0.1) is 5.69 Å². The highest BCUT2D eigenvalue weighted by Gasteiger charge is 2.16. The lowest BCUT2D eigenvalue weighted by Gasteiger charge is -2.12. The molecule has 0 aromatic heterocycles. The lowest BCUT2D eigenvalue weighted by atomic mass is 10.1. The van der Waals surface area contributed by atoms with Gasteiger partial charge in [0.15, 0.2) is 0 Å². The number of hydrogen-bond donors (Lipinski definition) is 2. The highest BCUT2D eigenvalue weighted by molar-refractivity contribution is 5.72. The van der Waals surface area contributed by atoms with Gasteiger partial charge in [0.2, 0.25) is 16.8 Å². The molecule has 2 rings (SSSR count). The summed E-state index contributed by atoms with van der Waals surface area (Å²) in [5.41, 5.74) is 0.663. The molecular weight excluding hydrogens is 275 g/mol. The second-order valence-corrected chi connectivity index (χ2v) is 4.85. The van der Waals surface area contributed by atoms with Gasteiger partial charge in [-0.2, -0.15) is 0 Å². The van der Waals surface area contributed by atoms with Crippen LogP contribution < -0.4 is 21.5 Å². The van der Waals surface area contributed by atoms with E-state index in [1.54, 1.807) is 19.1 Å². The fourth-order valence-corrected chi connectivity index (χ4v) is 2.00. The molecule has 0 saturated heterocycles. The molecule has 6 heteroatoms. The molecule has 110 valence electrons. The predicted octanol–water partition coefficient (Wildman–Crippen LogP) is 0.978. The lowest BCUT2D eigenvalue weighted by Crippen LogP contribution is -2.36. The fourth-order valence-electron chi connectivity index (χ4n) is 2.00. The van der Waals surface area contributed by atoms with Crippen LogP contribution in [0.15, 0.2) is 27.8 Å². The van der Waals surface area contributed by atoms with E-state index >= 15 is 0 Å². The zero-order valence-corrected chi connectivity index (χ0v) is 11.7. The van der Waals surface area contributed by atoms with Crippen molar-refractivity contribution < 1.29 is 9.18 Å². The maximum absolute atomic E-state index is 13.7. The first-order valence-electron chi connectivity index (χ1n) is 6.45. The van der Waals surface area contributed by atoms with Crippen LogP contribution in [0.1, 0.15) is 23.6 Å². The van der Waals surface area contributed by atoms with Crippen LogP contribution in [-0.4, -0.2) is 5.91 Å². The van der Waals surface area contributed by atoms with E-state index in [2.05, 4.69) is 10.6 Å². The minimum absolute atomic E-state index is 0.103. The SMILES string of the molecule is CC(=O)NCc1ccc(F)c(CNc2c(C)c(=O)c2=O)c1. The molecule has 0 aliphatic heterocycles. The minimum atomic E-state index is -0.567. The van der Waals surface area contributed by atoms with Crippen molar-refractivity contribution in [3.63, 3.8) is 0 Å². The summed E-state index contributed by atoms with van der Waals surface area (Å²) in [4.78, 5) is 33.3. The Bertz CT molecular complexity index is 761. The highest BCUT2D eigenvalue weighted by Crippen LogP contribution is 2.14. The van der Waals surface area contributed by atoms with Gasteiger partial charge in [0.1, 0.15) is 5.82 Å². The monoisotopic (exact) mass is 290 g/mol. The summed E-state index contributed by atoms with van der Waals surface area (Å²) in [5, 5.41) is 5.41. The van der Waals surface area contributed by atoms with E-state index in [1.165, 1.54) is 13.0 Å². The molecule has 2 aromatic rings. The molecule has 0 aliphatic rings. The third-order valence-electron chi connectivity index (χ3n) is 3.26. The number of halogens is 1. The maximum Gasteiger partial charge on any atom is 0.249 e. The summed E-state index contributed by atoms with van der Waals surface area (Å²) in [5.74, 6) is -0.580. The van der Waals surface area contributed by atoms with E-state index in [9.17, 15) is 18.8 Å². The Morgan fingerprint density at radius 2 is 1.90 bits per heavy atom. The van der Waals surface area contributed by atoms with Crippen LogP contribution >= 0.6 is 0 Å². The minimum Gasteiger partial charge on any atom is -0.377 e. The molecule has 0 atom stereocenters. The normalized spacial score (nSPS) is 10.6. The van der Waals surface area contributed by atoms with Gasteiger partial charge in [-0.15, -0.1) is 0 Å². The van der Waals surface area contributed by atoms with Crippen molar-refractivity contribution in [3.05, 3.63) is 61.2 Å². The smallest absolute Gasteiger partial charge is 0.249 e. The molecule has 0 fully saturated rings. The van der Waals surface area contributed by atoms with Gasteiger partial charge in [-0.25, -0.2) is 4.39 Å². The number of amides is 1. The van der Waals surface area contributed by atoms with Crippen molar-refractivity contribution in [3.8, 4) is 0 Å². The Balaban J connectivity index is 2.09. The Morgan fingerprint density at radius 3 is 2.52 bits per heavy atom. The van der Waals surface area contributed by atoms with E-state index < -0.39 is 16.7 Å². The second-order valence-electron chi connectivity index (χ2n) is 4.85. The number of rotatable bonds is 5. The molecular formula is C15H15FN2O3. The van der Waals surface area contributed by atoms with E-state index in [1.807, 2.05) is 0 Å². The van der Waals surface area contributed by atoms with Crippen LogP contribution in [-0.2, 0) is 17.9 Å². The van der Waals surface area contributed by atoms with Crippen molar-refractivity contribution in [1.82, 2.24) is 5.32 Å². The van der Waals surface area contributed by atoms with Gasteiger partial charge >= 0.3 is 0 Å². The third-order valence-corrected chi connectivity index (χ3v) is 3.26. The Kier molecular flexibility index (Phi) is 4.16. The molecule has 0 radical (unpaired) electrons. The highest BCUT2D eigenvalue weighted by atomic mass is 19.1. The van der Waals surface area contributed by atoms with E-state index in [0.29, 0.717) is 17.7 Å². The van der Waals surface area contributed by atoms with Crippen LogP contribution in [0.5, 0.6) is 0 Å². The first kappa shape index (κ1) is 14.9. The van der Waals surface area contributed by atoms with Crippen LogP contribution in [0, 0.1) is 12.7 Å². The number of carbonyl (C=O) groups is 1. The summed E-state index contributed by atoms with van der Waals surface area (Å²) >= 11 is 0. The van der Waals surface area contributed by atoms with Crippen molar-refractivity contribution in [1.29, 1.82) is 0 Å². The predicted molar refractivity (Wildman–Crippen MR) is 77.3 cm³/mol. The van der Waals surface area contributed by atoms with Gasteiger partial charge in [0, 0.05) is 31.1 Å². The van der Waals surface area contributed by atoms with Gasteiger partial charge in [-0.1, -0.05) is 6.07 Å². The van der Waals surface area contributed by atoms with Gasteiger partial charge < -0.3 is 10.6 Å². The van der Waals surface area contributed by atoms with Crippen LogP contribution in [0.4, 0.5) is 10.1 Å². The van der Waals surface area contributed by atoms with Crippen molar-refractivity contribution in [2.24, 2.45) is 0 Å². The van der Waals surface area contributed by atoms with Crippen LogP contribution in [0.3, 0.4) is 0 Å². The average molecular weight is 290 g/mol. The summed E-state index contributed by atoms with van der Waals surface area (Å²) in [7, 11) is 0. The number of anilines is 1. The molecule has 5 nitrogen and oxygen atoms in total. The lowest BCUT2D eigenvalue weighted by molar-refractivity contribution is -0.119. The summed E-state index contributed by atoms with van der Waals surface area (Å²) in [6.07, 6.45) is 0. The Morgan fingerprint density at radius 1 is 1.19 bits per heavy atom. The summed E-state index contributed by atoms with van der Waals surface area (Å²) < 4.78 is 13.7. The van der Waals surface area contributed by atoms with Crippen molar-refractivity contribution in [2.45, 2.75) is 26.9 Å². The molecule has 0 aliphatic carbocycles. The number of hydrogen-bond acceptors (Lipinski definition) is 4. The number of benzene rings is 1. The van der Waals surface area contributed by atoms with Gasteiger partial charge in [-0.05, 0) is 24.6 Å². The van der Waals surface area contributed by atoms with Crippen LogP contribution in [0.25, 0.3) is 0 Å². The standard InChI is InChI=1S/C15H15FN2O3/c1-8-13(15(21)14(8)20)18-7-11-5-10(3-4-12(11)16)6-17-9(2)19/h3-5,18H,6-7H2,1-2H3,(H,17,19). The van der Waals surface area contributed by atoms with E-state index in [0.717, 1.165) is 5.56 Å². The molecule has 2 aromatic carbocycles. The third kappa shape index (κ3) is 3.16. The van der Waals surface area contributed by atoms with Crippen molar-refractivity contribution >= 4 is 11.6 Å². The summed E-state index contributed by atoms with van der Waals surface area (Å²) in [6.45, 7) is 3.36. The zero-order chi connectivity index (χ0) is 15.6. The Labute approximate surface area is 120 Å². The molecule has 0 bridgehead atoms. The molecule has 0 unspecified atom stereocenters. The second kappa shape index (κ2) is 5.87. The molecule has 0 saturated carbocycles. The number of nitrogens with one attached hydrogen (secondary N) is 2. The molecule has 0 spiro atoms. The number of carbonyl (C=O) groups excluding carboxylic acids is 1. The Hall–Kier alpha value is -2.50. The molecule has 2 N–H and O–H groups in total. The van der Waals surface area contributed by atoms with E-state index in [4.69, 9.17) is 0 Å². The van der Waals surface area contributed by atoms with Crippen molar-refractivity contribution in [2.75, 3.05) is 5.32 Å². The van der Waals surface area contributed by atoms with Gasteiger partial charge in [0.25, 0.3) is 0 Å². The molecule has 21 heavy (non-hydrogen) atoms. The van der Waals surface area contributed by atoms with Crippen LogP contribution in [0.2, 0.25) is 0 Å². The quantitative estimate of drug-likeness (QED) is 0.805.